The highest BCUT2D eigenvalue weighted by atomic mass is 127. The molecule has 18 heavy (non-hydrogen) atoms. The number of nitriles is 1. The highest BCUT2D eigenvalue weighted by molar-refractivity contribution is 14.1. The Balaban J connectivity index is 1.87. The minimum Gasteiger partial charge on any atom is -0.338 e. The van der Waals surface area contributed by atoms with Crippen LogP contribution in [-0.4, -0.2) is 40.1 Å². The van der Waals surface area contributed by atoms with Crippen molar-refractivity contribution in [2.75, 3.05) is 26.2 Å². The molecule has 2 rings (SSSR count). The van der Waals surface area contributed by atoms with E-state index in [9.17, 15) is 4.79 Å². The molecule has 2 aliphatic rings. The summed E-state index contributed by atoms with van der Waals surface area (Å²) in [6.07, 6.45) is 3.54. The second kappa shape index (κ2) is 6.02. The molecule has 4 nitrogen and oxygen atoms in total. The molecule has 98 valence electrons. The summed E-state index contributed by atoms with van der Waals surface area (Å²) in [6, 6.07) is 1.85. The first-order valence-corrected chi connectivity index (χ1v) is 7.37. The van der Waals surface area contributed by atoms with E-state index in [0.717, 1.165) is 38.5 Å². The number of amides is 1. The normalized spacial score (nSPS) is 26.0. The van der Waals surface area contributed by atoms with E-state index in [2.05, 4.69) is 32.6 Å². The van der Waals surface area contributed by atoms with Crippen LogP contribution in [-0.2, 0) is 4.79 Å². The SMILES string of the molecule is C=C(C#N)C(=O)N1CCC(C2CCN(I)CC2)C1. The zero-order valence-electron chi connectivity index (χ0n) is 10.4. The Morgan fingerprint density at radius 1 is 1.22 bits per heavy atom. The quantitative estimate of drug-likeness (QED) is 0.328. The van der Waals surface area contributed by atoms with Gasteiger partial charge in [-0.25, -0.2) is 3.11 Å². The molecule has 2 saturated heterocycles. The Morgan fingerprint density at radius 3 is 2.44 bits per heavy atom. The zero-order valence-corrected chi connectivity index (χ0v) is 12.6. The van der Waals surface area contributed by atoms with Crippen molar-refractivity contribution in [3.63, 3.8) is 0 Å². The fourth-order valence-corrected chi connectivity index (χ4v) is 3.49. The lowest BCUT2D eigenvalue weighted by Crippen LogP contribution is -2.33. The molecular formula is C13H18IN3O. The lowest BCUT2D eigenvalue weighted by Gasteiger charge is -2.31. The molecule has 0 spiro atoms. The average Bonchev–Trinajstić information content (AvgIpc) is 2.87. The van der Waals surface area contributed by atoms with Crippen molar-refractivity contribution in [2.45, 2.75) is 19.3 Å². The van der Waals surface area contributed by atoms with Gasteiger partial charge in [0.2, 0.25) is 0 Å². The van der Waals surface area contributed by atoms with Gasteiger partial charge >= 0.3 is 0 Å². The molecule has 0 bridgehead atoms. The van der Waals surface area contributed by atoms with Gasteiger partial charge in [-0.1, -0.05) is 6.58 Å². The zero-order chi connectivity index (χ0) is 13.1. The van der Waals surface area contributed by atoms with Gasteiger partial charge in [-0.3, -0.25) is 4.79 Å². The third-order valence-electron chi connectivity index (χ3n) is 4.06. The molecule has 5 heteroatoms. The maximum Gasteiger partial charge on any atom is 0.263 e. The van der Waals surface area contributed by atoms with Crippen LogP contribution in [0.3, 0.4) is 0 Å². The second-order valence-electron chi connectivity index (χ2n) is 5.14. The number of hydrogen-bond acceptors (Lipinski definition) is 3. The highest BCUT2D eigenvalue weighted by Gasteiger charge is 2.33. The smallest absolute Gasteiger partial charge is 0.263 e. The fraction of sp³-hybridized carbons (Fsp3) is 0.692. The number of halogens is 1. The van der Waals surface area contributed by atoms with Gasteiger partial charge in [-0.2, -0.15) is 5.26 Å². The van der Waals surface area contributed by atoms with Crippen molar-refractivity contribution in [1.29, 1.82) is 5.26 Å². The van der Waals surface area contributed by atoms with Crippen LogP contribution in [0.5, 0.6) is 0 Å². The van der Waals surface area contributed by atoms with E-state index in [1.807, 2.05) is 6.07 Å². The number of rotatable bonds is 2. The Hall–Kier alpha value is -0.610. The number of nitrogens with zero attached hydrogens (tertiary/aromatic N) is 3. The van der Waals surface area contributed by atoms with Gasteiger partial charge in [0, 0.05) is 49.0 Å². The van der Waals surface area contributed by atoms with Gasteiger partial charge in [0.05, 0.1) is 0 Å². The van der Waals surface area contributed by atoms with E-state index in [1.54, 1.807) is 4.90 Å². The first-order chi connectivity index (χ1) is 8.61. The molecule has 1 atom stereocenters. The number of carbonyl (C=O) groups is 1. The van der Waals surface area contributed by atoms with Crippen molar-refractivity contribution in [3.05, 3.63) is 12.2 Å². The first-order valence-electron chi connectivity index (χ1n) is 6.41. The van der Waals surface area contributed by atoms with Crippen LogP contribution in [0.15, 0.2) is 12.2 Å². The molecule has 1 unspecified atom stereocenters. The third-order valence-corrected chi connectivity index (χ3v) is 5.02. The van der Waals surface area contributed by atoms with Crippen molar-refractivity contribution >= 4 is 28.8 Å². The average molecular weight is 359 g/mol. The molecule has 0 aromatic heterocycles. The van der Waals surface area contributed by atoms with Crippen LogP contribution in [0.4, 0.5) is 0 Å². The third kappa shape index (κ3) is 3.04. The van der Waals surface area contributed by atoms with E-state index in [4.69, 9.17) is 5.26 Å². The number of likely N-dealkylation sites (tertiary alicyclic amines) is 1. The van der Waals surface area contributed by atoms with Gasteiger partial charge in [-0.15, -0.1) is 0 Å². The lowest BCUT2D eigenvalue weighted by atomic mass is 9.84. The largest absolute Gasteiger partial charge is 0.338 e. The monoisotopic (exact) mass is 359 g/mol. The van der Waals surface area contributed by atoms with Gasteiger partial charge < -0.3 is 4.90 Å². The molecule has 0 radical (unpaired) electrons. The molecule has 0 aromatic carbocycles. The summed E-state index contributed by atoms with van der Waals surface area (Å²) < 4.78 is 2.34. The van der Waals surface area contributed by atoms with Crippen LogP contribution in [0.1, 0.15) is 19.3 Å². The Kier molecular flexibility index (Phi) is 4.62. The Morgan fingerprint density at radius 2 is 1.83 bits per heavy atom. The Labute approximate surface area is 122 Å². The molecule has 0 aromatic rings. The van der Waals surface area contributed by atoms with Crippen LogP contribution in [0, 0.1) is 23.2 Å². The van der Waals surface area contributed by atoms with Gasteiger partial charge in [0.25, 0.3) is 5.91 Å². The van der Waals surface area contributed by atoms with Crippen LogP contribution in [0.2, 0.25) is 0 Å². The molecule has 0 N–H and O–H groups in total. The minimum absolute atomic E-state index is 0.0673. The number of piperidine rings is 1. The number of hydrogen-bond donors (Lipinski definition) is 0. The minimum atomic E-state index is -0.175. The second-order valence-corrected chi connectivity index (χ2v) is 6.50. The summed E-state index contributed by atoms with van der Waals surface area (Å²) in [5.74, 6) is 1.18. The van der Waals surface area contributed by atoms with Gasteiger partial charge in [0.1, 0.15) is 11.6 Å². The Bertz CT molecular complexity index is 382. The van der Waals surface area contributed by atoms with Crippen LogP contribution >= 0.6 is 22.9 Å². The predicted octanol–water partition coefficient (Wildman–Crippen LogP) is 1.98. The summed E-state index contributed by atoms with van der Waals surface area (Å²) >= 11 is 2.38. The molecule has 2 fully saturated rings. The maximum absolute atomic E-state index is 11.9. The molecule has 2 aliphatic heterocycles. The van der Waals surface area contributed by atoms with E-state index < -0.39 is 0 Å². The molecule has 0 aliphatic carbocycles. The molecule has 2 heterocycles. The van der Waals surface area contributed by atoms with E-state index in [0.29, 0.717) is 5.92 Å². The van der Waals surface area contributed by atoms with Crippen molar-refractivity contribution in [2.24, 2.45) is 11.8 Å². The van der Waals surface area contributed by atoms with Crippen molar-refractivity contribution in [1.82, 2.24) is 8.01 Å². The first kappa shape index (κ1) is 13.8. The van der Waals surface area contributed by atoms with Gasteiger partial charge in [-0.05, 0) is 31.1 Å². The molecule has 1 amide bonds. The summed E-state index contributed by atoms with van der Waals surface area (Å²) in [5.41, 5.74) is 0.0673. The molecule has 0 saturated carbocycles. The highest BCUT2D eigenvalue weighted by Crippen LogP contribution is 2.32. The molecular weight excluding hydrogens is 341 g/mol. The standard InChI is InChI=1S/C13H18IN3O/c1-10(8-15)13(18)16-5-2-12(9-16)11-3-6-17(14)7-4-11/h11-12H,1-7,9H2. The fourth-order valence-electron chi connectivity index (χ4n) is 2.93. The van der Waals surface area contributed by atoms with Gasteiger partial charge in [0.15, 0.2) is 0 Å². The van der Waals surface area contributed by atoms with Crippen molar-refractivity contribution < 1.29 is 4.79 Å². The lowest BCUT2D eigenvalue weighted by molar-refractivity contribution is -0.125. The van der Waals surface area contributed by atoms with E-state index >= 15 is 0 Å². The summed E-state index contributed by atoms with van der Waals surface area (Å²) in [4.78, 5) is 13.6. The maximum atomic E-state index is 11.9. The predicted molar refractivity (Wildman–Crippen MR) is 77.8 cm³/mol. The van der Waals surface area contributed by atoms with Crippen LogP contribution in [0.25, 0.3) is 0 Å². The van der Waals surface area contributed by atoms with Crippen molar-refractivity contribution in [3.8, 4) is 6.07 Å². The van der Waals surface area contributed by atoms with E-state index in [-0.39, 0.29) is 11.5 Å². The summed E-state index contributed by atoms with van der Waals surface area (Å²) in [6.45, 7) is 7.41. The number of carbonyl (C=O) groups excluding carboxylic acids is 1. The van der Waals surface area contributed by atoms with E-state index in [1.165, 1.54) is 12.8 Å². The topological polar surface area (TPSA) is 47.3 Å². The van der Waals surface area contributed by atoms with Crippen LogP contribution < -0.4 is 0 Å². The summed E-state index contributed by atoms with van der Waals surface area (Å²) in [5, 5.41) is 8.71. The summed E-state index contributed by atoms with van der Waals surface area (Å²) in [7, 11) is 0.